The van der Waals surface area contributed by atoms with Crippen molar-refractivity contribution in [2.24, 2.45) is 7.05 Å². The second-order valence-electron chi connectivity index (χ2n) is 7.46. The molecular formula is C19H21F2IN2O5S. The summed E-state index contributed by atoms with van der Waals surface area (Å²) in [5, 5.41) is 18.7. The predicted octanol–water partition coefficient (Wildman–Crippen LogP) is 1.88. The molecule has 3 N–H and O–H groups in total. The number of aliphatic hydroxyl groups is 2. The molecule has 0 bridgehead atoms. The van der Waals surface area contributed by atoms with Crippen molar-refractivity contribution < 1.29 is 27.4 Å². The number of benzene rings is 1. The van der Waals surface area contributed by atoms with E-state index in [4.69, 9.17) is 5.11 Å². The summed E-state index contributed by atoms with van der Waals surface area (Å²) in [6, 6.07) is 5.28. The summed E-state index contributed by atoms with van der Waals surface area (Å²) < 4.78 is 57.1. The van der Waals surface area contributed by atoms with E-state index in [9.17, 15) is 27.1 Å². The standard InChI is InChI=1S/C19H21F2IN2O5S/c1-24-17(6-11-2-3-12(22)7-14(11)20)16(8-15(21)18(24)27)23-30(28,29)19(4-5-19)9-13(26)10-25/h2-3,7-8,13,23,25-26H,4-6,9-10H2,1H3/t13-/m0/s1. The van der Waals surface area contributed by atoms with Gasteiger partial charge in [-0.2, -0.15) is 0 Å². The van der Waals surface area contributed by atoms with Gasteiger partial charge in [-0.3, -0.25) is 9.52 Å². The number of aliphatic hydroxyl groups excluding tert-OH is 2. The van der Waals surface area contributed by atoms with Crippen molar-refractivity contribution >= 4 is 38.3 Å². The smallest absolute Gasteiger partial charge is 0.286 e. The van der Waals surface area contributed by atoms with E-state index in [-0.39, 0.29) is 42.6 Å². The number of hydrogen-bond acceptors (Lipinski definition) is 5. The van der Waals surface area contributed by atoms with Gasteiger partial charge >= 0.3 is 0 Å². The van der Waals surface area contributed by atoms with E-state index < -0.39 is 44.7 Å². The van der Waals surface area contributed by atoms with Crippen LogP contribution in [0.2, 0.25) is 0 Å². The lowest BCUT2D eigenvalue weighted by molar-refractivity contribution is 0.0858. The maximum absolute atomic E-state index is 14.3. The third kappa shape index (κ3) is 4.53. The first-order valence-electron chi connectivity index (χ1n) is 9.13. The summed E-state index contributed by atoms with van der Waals surface area (Å²) in [6.07, 6.45) is -0.974. The fourth-order valence-electron chi connectivity index (χ4n) is 3.35. The summed E-state index contributed by atoms with van der Waals surface area (Å²) >= 11 is 1.95. The van der Waals surface area contributed by atoms with Gasteiger partial charge < -0.3 is 14.8 Å². The molecule has 11 heteroatoms. The first-order chi connectivity index (χ1) is 14.0. The van der Waals surface area contributed by atoms with E-state index in [0.717, 1.165) is 10.6 Å². The lowest BCUT2D eigenvalue weighted by atomic mass is 10.1. The number of nitrogens with zero attached hydrogens (tertiary/aromatic N) is 1. The minimum Gasteiger partial charge on any atom is -0.394 e. The quantitative estimate of drug-likeness (QED) is 0.432. The molecule has 30 heavy (non-hydrogen) atoms. The van der Waals surface area contributed by atoms with Gasteiger partial charge in [0, 0.05) is 28.8 Å². The highest BCUT2D eigenvalue weighted by Gasteiger charge is 2.55. The average Bonchev–Trinajstić information content (AvgIpc) is 3.45. The van der Waals surface area contributed by atoms with Crippen LogP contribution in [0.4, 0.5) is 14.5 Å². The lowest BCUT2D eigenvalue weighted by Crippen LogP contribution is -2.35. The fourth-order valence-corrected chi connectivity index (χ4v) is 5.54. The van der Waals surface area contributed by atoms with Crippen LogP contribution < -0.4 is 10.3 Å². The van der Waals surface area contributed by atoms with E-state index in [1.165, 1.54) is 19.2 Å². The van der Waals surface area contributed by atoms with E-state index in [1.54, 1.807) is 6.07 Å². The van der Waals surface area contributed by atoms with Crippen molar-refractivity contribution in [3.63, 3.8) is 0 Å². The van der Waals surface area contributed by atoms with Gasteiger partial charge in [-0.05, 0) is 59.5 Å². The van der Waals surface area contributed by atoms with Crippen molar-refractivity contribution in [1.29, 1.82) is 0 Å². The number of halogens is 3. The minimum absolute atomic E-state index is 0.101. The molecule has 0 radical (unpaired) electrons. The molecular weight excluding hydrogens is 533 g/mol. The largest absolute Gasteiger partial charge is 0.394 e. The fraction of sp³-hybridized carbons (Fsp3) is 0.421. The average molecular weight is 554 g/mol. The molecule has 0 spiro atoms. The summed E-state index contributed by atoms with van der Waals surface area (Å²) in [5.41, 5.74) is -0.814. The van der Waals surface area contributed by atoms with Gasteiger partial charge in [0.05, 0.1) is 23.1 Å². The lowest BCUT2D eigenvalue weighted by Gasteiger charge is -2.22. The second kappa shape index (κ2) is 8.52. The first-order valence-corrected chi connectivity index (χ1v) is 11.7. The number of aromatic nitrogens is 1. The monoisotopic (exact) mass is 554 g/mol. The van der Waals surface area contributed by atoms with E-state index >= 15 is 0 Å². The van der Waals surface area contributed by atoms with Gasteiger partial charge in [-0.25, -0.2) is 17.2 Å². The molecule has 1 aliphatic carbocycles. The Bertz CT molecular complexity index is 1130. The molecule has 1 atom stereocenters. The molecule has 1 aliphatic rings. The minimum atomic E-state index is -4.08. The zero-order chi connectivity index (χ0) is 22.3. The number of hydrogen-bond donors (Lipinski definition) is 3. The highest BCUT2D eigenvalue weighted by molar-refractivity contribution is 14.1. The predicted molar refractivity (Wildman–Crippen MR) is 116 cm³/mol. The Morgan fingerprint density at radius 3 is 2.50 bits per heavy atom. The van der Waals surface area contributed by atoms with Crippen LogP contribution in [-0.4, -0.2) is 40.7 Å². The molecule has 1 heterocycles. The molecule has 1 fully saturated rings. The molecule has 1 saturated carbocycles. The van der Waals surface area contributed by atoms with Crippen molar-refractivity contribution in [1.82, 2.24) is 4.57 Å². The Morgan fingerprint density at radius 2 is 1.93 bits per heavy atom. The zero-order valence-electron chi connectivity index (χ0n) is 16.0. The maximum atomic E-state index is 14.3. The van der Waals surface area contributed by atoms with E-state index in [2.05, 4.69) is 4.72 Å². The number of pyridine rings is 1. The van der Waals surface area contributed by atoms with Crippen molar-refractivity contribution in [3.8, 4) is 0 Å². The molecule has 0 amide bonds. The Balaban J connectivity index is 2.01. The number of anilines is 1. The molecule has 3 rings (SSSR count). The Morgan fingerprint density at radius 1 is 1.27 bits per heavy atom. The van der Waals surface area contributed by atoms with Crippen LogP contribution in [0, 0.1) is 15.2 Å². The van der Waals surface area contributed by atoms with Gasteiger partial charge in [-0.1, -0.05) is 6.07 Å². The molecule has 0 aliphatic heterocycles. The molecule has 2 aromatic rings. The topological polar surface area (TPSA) is 109 Å². The van der Waals surface area contributed by atoms with Gasteiger partial charge in [0.25, 0.3) is 5.56 Å². The third-order valence-electron chi connectivity index (χ3n) is 5.31. The Hall–Kier alpha value is -1.57. The number of rotatable bonds is 8. The first kappa shape index (κ1) is 23.1. The van der Waals surface area contributed by atoms with Gasteiger partial charge in [-0.15, -0.1) is 0 Å². The summed E-state index contributed by atoms with van der Waals surface area (Å²) in [6.45, 7) is -0.580. The van der Waals surface area contributed by atoms with Gasteiger partial charge in [0.1, 0.15) is 5.82 Å². The van der Waals surface area contributed by atoms with Crippen molar-refractivity contribution in [2.45, 2.75) is 36.5 Å². The van der Waals surface area contributed by atoms with Crippen LogP contribution in [0.1, 0.15) is 30.5 Å². The zero-order valence-corrected chi connectivity index (χ0v) is 19.0. The second-order valence-corrected chi connectivity index (χ2v) is 10.8. The third-order valence-corrected chi connectivity index (χ3v) is 8.18. The summed E-state index contributed by atoms with van der Waals surface area (Å²) in [4.78, 5) is 12.1. The van der Waals surface area contributed by atoms with Crippen LogP contribution in [-0.2, 0) is 23.5 Å². The van der Waals surface area contributed by atoms with Crippen LogP contribution >= 0.6 is 22.6 Å². The van der Waals surface area contributed by atoms with Gasteiger partial charge in [0.2, 0.25) is 10.0 Å². The van der Waals surface area contributed by atoms with E-state index in [1.807, 2.05) is 22.6 Å². The number of sulfonamides is 1. The van der Waals surface area contributed by atoms with Crippen LogP contribution in [0.25, 0.3) is 0 Å². The number of nitrogens with one attached hydrogen (secondary N) is 1. The molecule has 1 aromatic heterocycles. The van der Waals surface area contributed by atoms with Crippen LogP contribution in [0.5, 0.6) is 0 Å². The van der Waals surface area contributed by atoms with Crippen molar-refractivity contribution in [2.75, 3.05) is 11.3 Å². The molecule has 7 nitrogen and oxygen atoms in total. The normalized spacial score (nSPS) is 16.3. The molecule has 0 unspecified atom stereocenters. The molecule has 164 valence electrons. The van der Waals surface area contributed by atoms with Gasteiger partial charge in [0.15, 0.2) is 5.82 Å². The maximum Gasteiger partial charge on any atom is 0.286 e. The Labute approximate surface area is 185 Å². The van der Waals surface area contributed by atoms with E-state index in [0.29, 0.717) is 3.57 Å². The van der Waals surface area contributed by atoms with Crippen LogP contribution in [0.3, 0.4) is 0 Å². The highest BCUT2D eigenvalue weighted by atomic mass is 127. The van der Waals surface area contributed by atoms with Crippen LogP contribution in [0.15, 0.2) is 29.1 Å². The molecule has 0 saturated heterocycles. The van der Waals surface area contributed by atoms with Crippen molar-refractivity contribution in [3.05, 3.63) is 61.1 Å². The summed E-state index contributed by atoms with van der Waals surface area (Å²) in [5.74, 6) is -1.68. The SMILES string of the molecule is Cn1c(Cc2ccc(I)cc2F)c(NS(=O)(=O)C2(C[C@H](O)CO)CC2)cc(F)c1=O. The molecule has 1 aromatic carbocycles. The Kier molecular flexibility index (Phi) is 6.56. The summed E-state index contributed by atoms with van der Waals surface area (Å²) in [7, 11) is -2.80. The highest BCUT2D eigenvalue weighted by Crippen LogP contribution is 2.48.